The Morgan fingerprint density at radius 1 is 1.00 bits per heavy atom. The number of hydrogen-bond donors (Lipinski definition) is 1. The number of carbonyl (C=O) groups excluding carboxylic acids is 2. The number of nitrogens with two attached hydrogens (primary N) is 1. The van der Waals surface area contributed by atoms with Crippen LogP contribution in [-0.4, -0.2) is 68.0 Å². The number of piperazine rings is 1. The first-order valence-electron chi connectivity index (χ1n) is 9.38. The van der Waals surface area contributed by atoms with Crippen molar-refractivity contribution >= 4 is 21.7 Å². The highest BCUT2D eigenvalue weighted by atomic mass is 32.2. The molecular weight excluding hydrogens is 366 g/mol. The van der Waals surface area contributed by atoms with Gasteiger partial charge in [-0.25, -0.2) is 8.42 Å². The SMILES string of the molecule is CS(=O)(=O)c1cccc(C(=O)N2CCN(C(=O)C3(N)CCCCC3)CC2)c1. The van der Waals surface area contributed by atoms with Crippen LogP contribution >= 0.6 is 0 Å². The largest absolute Gasteiger partial charge is 0.338 e. The van der Waals surface area contributed by atoms with E-state index in [0.29, 0.717) is 31.7 Å². The second kappa shape index (κ2) is 7.59. The predicted molar refractivity (Wildman–Crippen MR) is 102 cm³/mol. The van der Waals surface area contributed by atoms with Crippen molar-refractivity contribution < 1.29 is 18.0 Å². The molecule has 0 spiro atoms. The van der Waals surface area contributed by atoms with Crippen LogP contribution in [0.2, 0.25) is 0 Å². The van der Waals surface area contributed by atoms with Crippen LogP contribution in [0.4, 0.5) is 0 Å². The van der Waals surface area contributed by atoms with E-state index in [4.69, 9.17) is 5.73 Å². The van der Waals surface area contributed by atoms with E-state index in [0.717, 1.165) is 38.4 Å². The van der Waals surface area contributed by atoms with Crippen molar-refractivity contribution in [2.75, 3.05) is 32.4 Å². The van der Waals surface area contributed by atoms with Gasteiger partial charge in [0, 0.05) is 38.0 Å². The van der Waals surface area contributed by atoms with Gasteiger partial charge in [0.05, 0.1) is 10.4 Å². The first-order valence-corrected chi connectivity index (χ1v) is 11.3. The standard InChI is InChI=1S/C19H27N3O4S/c1-27(25,26)16-7-5-6-15(14-16)17(23)21-10-12-22(13-11-21)18(24)19(20)8-3-2-4-9-19/h5-7,14H,2-4,8-13,20H2,1H3. The first kappa shape index (κ1) is 19.8. The normalized spacial score (nSPS) is 20.4. The van der Waals surface area contributed by atoms with Gasteiger partial charge >= 0.3 is 0 Å². The number of nitrogens with zero attached hydrogens (tertiary/aromatic N) is 2. The van der Waals surface area contributed by atoms with Crippen molar-refractivity contribution in [1.82, 2.24) is 9.80 Å². The topological polar surface area (TPSA) is 101 Å². The van der Waals surface area contributed by atoms with Gasteiger partial charge in [-0.3, -0.25) is 9.59 Å². The molecule has 1 aromatic carbocycles. The lowest BCUT2D eigenvalue weighted by atomic mass is 9.81. The first-order chi connectivity index (χ1) is 12.7. The van der Waals surface area contributed by atoms with Crippen LogP contribution in [0.25, 0.3) is 0 Å². The van der Waals surface area contributed by atoms with E-state index >= 15 is 0 Å². The molecule has 1 saturated heterocycles. The van der Waals surface area contributed by atoms with Crippen LogP contribution in [0.1, 0.15) is 42.5 Å². The summed E-state index contributed by atoms with van der Waals surface area (Å²) in [6, 6.07) is 6.08. The number of sulfone groups is 1. The van der Waals surface area contributed by atoms with E-state index in [1.165, 1.54) is 12.1 Å². The predicted octanol–water partition coefficient (Wildman–Crippen LogP) is 1.04. The van der Waals surface area contributed by atoms with Crippen molar-refractivity contribution in [2.45, 2.75) is 42.5 Å². The third kappa shape index (κ3) is 4.32. The molecule has 2 amide bonds. The average Bonchev–Trinajstić information content (AvgIpc) is 2.67. The highest BCUT2D eigenvalue weighted by molar-refractivity contribution is 7.90. The fourth-order valence-corrected chi connectivity index (χ4v) is 4.53. The van der Waals surface area contributed by atoms with Gasteiger partial charge in [0.1, 0.15) is 0 Å². The molecule has 0 unspecified atom stereocenters. The summed E-state index contributed by atoms with van der Waals surface area (Å²) in [5.41, 5.74) is 5.94. The summed E-state index contributed by atoms with van der Waals surface area (Å²) in [7, 11) is -3.37. The Balaban J connectivity index is 1.64. The molecule has 1 heterocycles. The molecule has 1 aliphatic heterocycles. The van der Waals surface area contributed by atoms with Crippen molar-refractivity contribution in [2.24, 2.45) is 5.73 Å². The van der Waals surface area contributed by atoms with Crippen molar-refractivity contribution in [3.05, 3.63) is 29.8 Å². The van der Waals surface area contributed by atoms with Gasteiger partial charge in [-0.2, -0.15) is 0 Å². The minimum atomic E-state index is -3.37. The fourth-order valence-electron chi connectivity index (χ4n) is 3.87. The molecule has 1 saturated carbocycles. The summed E-state index contributed by atoms with van der Waals surface area (Å²) >= 11 is 0. The van der Waals surface area contributed by atoms with E-state index in [1.54, 1.807) is 21.9 Å². The molecule has 1 aliphatic carbocycles. The molecule has 27 heavy (non-hydrogen) atoms. The number of hydrogen-bond acceptors (Lipinski definition) is 5. The van der Waals surface area contributed by atoms with Gasteiger partial charge in [-0.15, -0.1) is 0 Å². The Morgan fingerprint density at radius 2 is 1.59 bits per heavy atom. The Kier molecular flexibility index (Phi) is 5.58. The molecular formula is C19H27N3O4S. The van der Waals surface area contributed by atoms with Crippen molar-refractivity contribution in [3.8, 4) is 0 Å². The van der Waals surface area contributed by atoms with E-state index < -0.39 is 15.4 Å². The molecule has 1 aromatic rings. The second-order valence-corrected chi connectivity index (χ2v) is 9.62. The van der Waals surface area contributed by atoms with Crippen LogP contribution in [0.5, 0.6) is 0 Å². The minimum absolute atomic E-state index is 0.00614. The van der Waals surface area contributed by atoms with E-state index in [2.05, 4.69) is 0 Å². The molecule has 0 atom stereocenters. The Bertz CT molecular complexity index is 823. The maximum absolute atomic E-state index is 12.8. The summed E-state index contributed by atoms with van der Waals surface area (Å²) in [5.74, 6) is -0.221. The second-order valence-electron chi connectivity index (χ2n) is 7.60. The van der Waals surface area contributed by atoms with Crippen LogP contribution in [0.3, 0.4) is 0 Å². The van der Waals surface area contributed by atoms with E-state index in [1.807, 2.05) is 0 Å². The Hall–Kier alpha value is -1.93. The maximum Gasteiger partial charge on any atom is 0.254 e. The molecule has 2 aliphatic rings. The number of rotatable bonds is 3. The molecule has 8 heteroatoms. The van der Waals surface area contributed by atoms with Gasteiger partial charge in [0.25, 0.3) is 5.91 Å². The molecule has 2 N–H and O–H groups in total. The zero-order chi connectivity index (χ0) is 19.7. The summed E-state index contributed by atoms with van der Waals surface area (Å²) in [6.07, 6.45) is 5.66. The molecule has 3 rings (SSSR count). The lowest BCUT2D eigenvalue weighted by Crippen LogP contribution is -2.60. The molecule has 0 radical (unpaired) electrons. The maximum atomic E-state index is 12.8. The summed E-state index contributed by atoms with van der Waals surface area (Å²) in [6.45, 7) is 1.75. The number of benzene rings is 1. The van der Waals surface area contributed by atoms with Crippen molar-refractivity contribution in [1.29, 1.82) is 0 Å². The van der Waals surface area contributed by atoms with Gasteiger partial charge in [0.15, 0.2) is 9.84 Å². The molecule has 148 valence electrons. The van der Waals surface area contributed by atoms with Crippen molar-refractivity contribution in [3.63, 3.8) is 0 Å². The Morgan fingerprint density at radius 3 is 2.19 bits per heavy atom. The third-order valence-corrected chi connectivity index (χ3v) is 6.65. The lowest BCUT2D eigenvalue weighted by molar-refractivity contribution is -0.139. The number of amides is 2. The van der Waals surface area contributed by atoms with E-state index in [9.17, 15) is 18.0 Å². The average molecular weight is 394 g/mol. The van der Waals surface area contributed by atoms with Crippen LogP contribution in [0, 0.1) is 0 Å². The van der Waals surface area contributed by atoms with Gasteiger partial charge < -0.3 is 15.5 Å². The molecule has 7 nitrogen and oxygen atoms in total. The zero-order valence-electron chi connectivity index (χ0n) is 15.7. The summed E-state index contributed by atoms with van der Waals surface area (Å²) < 4.78 is 23.4. The van der Waals surface area contributed by atoms with Crippen LogP contribution in [0.15, 0.2) is 29.2 Å². The molecule has 0 bridgehead atoms. The smallest absolute Gasteiger partial charge is 0.254 e. The van der Waals surface area contributed by atoms with Gasteiger partial charge in [-0.1, -0.05) is 25.3 Å². The summed E-state index contributed by atoms with van der Waals surface area (Å²) in [5, 5.41) is 0. The van der Waals surface area contributed by atoms with E-state index in [-0.39, 0.29) is 16.7 Å². The monoisotopic (exact) mass is 393 g/mol. The zero-order valence-corrected chi connectivity index (χ0v) is 16.5. The quantitative estimate of drug-likeness (QED) is 0.827. The lowest BCUT2D eigenvalue weighted by Gasteiger charge is -2.41. The third-order valence-electron chi connectivity index (χ3n) is 5.53. The number of carbonyl (C=O) groups is 2. The fraction of sp³-hybridized carbons (Fsp3) is 0.579. The highest BCUT2D eigenvalue weighted by Gasteiger charge is 2.39. The molecule has 0 aromatic heterocycles. The molecule has 2 fully saturated rings. The van der Waals surface area contributed by atoms with Gasteiger partial charge in [0.2, 0.25) is 5.91 Å². The Labute approximate surface area is 160 Å². The highest BCUT2D eigenvalue weighted by Crippen LogP contribution is 2.28. The minimum Gasteiger partial charge on any atom is -0.338 e. The van der Waals surface area contributed by atoms with Crippen LogP contribution < -0.4 is 5.73 Å². The van der Waals surface area contributed by atoms with Gasteiger partial charge in [-0.05, 0) is 31.0 Å². The van der Waals surface area contributed by atoms with Crippen LogP contribution in [-0.2, 0) is 14.6 Å². The summed E-state index contributed by atoms with van der Waals surface area (Å²) in [4.78, 5) is 29.1.